The van der Waals surface area contributed by atoms with Crippen LogP contribution in [-0.2, 0) is 6.54 Å². The van der Waals surface area contributed by atoms with Crippen molar-refractivity contribution in [1.82, 2.24) is 9.88 Å². The number of likely N-dealkylation sites (tertiary alicyclic amines) is 1. The molecule has 1 aliphatic rings. The zero-order valence-corrected chi connectivity index (χ0v) is 14.8. The molecule has 4 nitrogen and oxygen atoms in total. The van der Waals surface area contributed by atoms with E-state index in [9.17, 15) is 9.18 Å². The summed E-state index contributed by atoms with van der Waals surface area (Å²) in [4.78, 5) is 19.0. The fraction of sp³-hybridized carbons (Fsp3) is 0.444. The number of benzene rings is 1. The number of hydrogen-bond acceptors (Lipinski definition) is 4. The number of carbonyl (C=O) groups is 1. The topological polar surface area (TPSA) is 45.2 Å². The highest BCUT2D eigenvalue weighted by Gasteiger charge is 2.22. The summed E-state index contributed by atoms with van der Waals surface area (Å²) in [7, 11) is 0. The quantitative estimate of drug-likeness (QED) is 0.909. The average Bonchev–Trinajstić information content (AvgIpc) is 2.93. The van der Waals surface area contributed by atoms with Gasteiger partial charge in [0, 0.05) is 25.0 Å². The molecule has 2 atom stereocenters. The van der Waals surface area contributed by atoms with Gasteiger partial charge in [0.1, 0.15) is 5.82 Å². The van der Waals surface area contributed by atoms with Gasteiger partial charge in [0.15, 0.2) is 5.13 Å². The number of nitrogens with one attached hydrogen (secondary N) is 1. The third-order valence-electron chi connectivity index (χ3n) is 4.22. The first-order valence-electron chi connectivity index (χ1n) is 8.24. The fourth-order valence-corrected chi connectivity index (χ4v) is 4.09. The first kappa shape index (κ1) is 17.0. The lowest BCUT2D eigenvalue weighted by atomic mass is 9.92. The highest BCUT2D eigenvalue weighted by atomic mass is 32.1. The predicted molar refractivity (Wildman–Crippen MR) is 94.7 cm³/mol. The molecule has 1 N–H and O–H groups in total. The summed E-state index contributed by atoms with van der Waals surface area (Å²) in [5.74, 6) is 0.414. The van der Waals surface area contributed by atoms with Crippen molar-refractivity contribution in [3.63, 3.8) is 0 Å². The lowest BCUT2D eigenvalue weighted by molar-refractivity contribution is 0.102. The maximum absolute atomic E-state index is 13.6. The van der Waals surface area contributed by atoms with Crippen LogP contribution in [0, 0.1) is 17.7 Å². The number of thiazole rings is 1. The van der Waals surface area contributed by atoms with Gasteiger partial charge in [0.05, 0.1) is 11.3 Å². The lowest BCUT2D eigenvalue weighted by Gasteiger charge is -2.34. The number of rotatable bonds is 4. The van der Waals surface area contributed by atoms with Gasteiger partial charge in [-0.15, -0.1) is 11.3 Å². The largest absolute Gasteiger partial charge is 0.298 e. The predicted octanol–water partition coefficient (Wildman–Crippen LogP) is 4.01. The van der Waals surface area contributed by atoms with Crippen LogP contribution in [0.5, 0.6) is 0 Å². The number of nitrogens with zero attached hydrogens (tertiary/aromatic N) is 2. The normalized spacial score (nSPS) is 21.6. The van der Waals surface area contributed by atoms with Crippen LogP contribution in [0.4, 0.5) is 9.52 Å². The summed E-state index contributed by atoms with van der Waals surface area (Å²) in [5.41, 5.74) is 0.984. The molecule has 3 rings (SSSR count). The first-order chi connectivity index (χ1) is 11.5. The van der Waals surface area contributed by atoms with Gasteiger partial charge < -0.3 is 0 Å². The van der Waals surface area contributed by atoms with Gasteiger partial charge in [0.2, 0.25) is 0 Å². The van der Waals surface area contributed by atoms with Crippen LogP contribution in [0.3, 0.4) is 0 Å². The van der Waals surface area contributed by atoms with E-state index in [-0.39, 0.29) is 5.56 Å². The number of aromatic nitrogens is 1. The third-order valence-corrected chi connectivity index (χ3v) is 5.03. The molecule has 0 unspecified atom stereocenters. The van der Waals surface area contributed by atoms with Crippen molar-refractivity contribution in [3.05, 3.63) is 46.7 Å². The zero-order valence-electron chi connectivity index (χ0n) is 14.0. The molecular weight excluding hydrogens is 325 g/mol. The van der Waals surface area contributed by atoms with E-state index < -0.39 is 11.7 Å². The maximum atomic E-state index is 13.6. The van der Waals surface area contributed by atoms with Gasteiger partial charge in [-0.2, -0.15) is 0 Å². The minimum atomic E-state index is -0.525. The van der Waals surface area contributed by atoms with E-state index in [1.165, 1.54) is 29.9 Å². The summed E-state index contributed by atoms with van der Waals surface area (Å²) in [6.07, 6.45) is 1.28. The van der Waals surface area contributed by atoms with E-state index >= 15 is 0 Å². The van der Waals surface area contributed by atoms with Crippen molar-refractivity contribution in [1.29, 1.82) is 0 Å². The first-order valence-corrected chi connectivity index (χ1v) is 9.12. The Morgan fingerprint density at radius 2 is 2.04 bits per heavy atom. The molecule has 1 aromatic carbocycles. The van der Waals surface area contributed by atoms with Crippen LogP contribution >= 0.6 is 11.3 Å². The minimum absolute atomic E-state index is 0.0351. The second-order valence-corrected chi connectivity index (χ2v) is 7.58. The van der Waals surface area contributed by atoms with Crippen LogP contribution in [0.15, 0.2) is 29.6 Å². The third kappa shape index (κ3) is 4.19. The molecule has 128 valence electrons. The van der Waals surface area contributed by atoms with E-state index in [1.807, 2.05) is 5.38 Å². The fourth-order valence-electron chi connectivity index (χ4n) is 3.40. The summed E-state index contributed by atoms with van der Waals surface area (Å²) >= 11 is 1.38. The van der Waals surface area contributed by atoms with E-state index in [1.54, 1.807) is 12.1 Å². The Morgan fingerprint density at radius 1 is 1.33 bits per heavy atom. The number of carbonyl (C=O) groups excluding carboxylic acids is 1. The Labute approximate surface area is 145 Å². The standard InChI is InChI=1S/C18H22FN3OS/c1-12-7-13(2)9-22(8-12)10-14-11-24-18(20-14)21-17(23)15-5-3-4-6-16(15)19/h3-6,11-13H,7-10H2,1-2H3,(H,20,21,23)/t12-,13-/m0/s1. The zero-order chi connectivity index (χ0) is 17.1. The van der Waals surface area contributed by atoms with Crippen molar-refractivity contribution in [3.8, 4) is 0 Å². The second kappa shape index (κ2) is 7.40. The van der Waals surface area contributed by atoms with Crippen LogP contribution in [0.2, 0.25) is 0 Å². The smallest absolute Gasteiger partial charge is 0.260 e. The van der Waals surface area contributed by atoms with E-state index in [0.717, 1.165) is 25.3 Å². The molecule has 0 radical (unpaired) electrons. The van der Waals surface area contributed by atoms with Crippen LogP contribution in [0.1, 0.15) is 36.3 Å². The number of anilines is 1. The summed E-state index contributed by atoms with van der Waals surface area (Å²) in [6.45, 7) is 7.52. The monoisotopic (exact) mass is 347 g/mol. The Hall–Kier alpha value is -1.79. The Bertz CT molecular complexity index is 708. The van der Waals surface area contributed by atoms with Crippen molar-refractivity contribution >= 4 is 22.4 Å². The van der Waals surface area contributed by atoms with Crippen molar-refractivity contribution in [2.24, 2.45) is 11.8 Å². The molecule has 1 fully saturated rings. The molecule has 1 aliphatic heterocycles. The summed E-state index contributed by atoms with van der Waals surface area (Å²) in [6, 6.07) is 5.95. The van der Waals surface area contributed by atoms with E-state index in [2.05, 4.69) is 29.0 Å². The highest BCUT2D eigenvalue weighted by Crippen LogP contribution is 2.24. The van der Waals surface area contributed by atoms with Crippen LogP contribution in [0.25, 0.3) is 0 Å². The van der Waals surface area contributed by atoms with Gasteiger partial charge in [-0.1, -0.05) is 26.0 Å². The number of piperidine rings is 1. The SMILES string of the molecule is C[C@H]1C[C@H](C)CN(Cc2csc(NC(=O)c3ccccc3F)n2)C1. The van der Waals surface area contributed by atoms with E-state index in [0.29, 0.717) is 17.0 Å². The Kier molecular flexibility index (Phi) is 5.26. The molecule has 2 aromatic rings. The van der Waals surface area contributed by atoms with Gasteiger partial charge >= 0.3 is 0 Å². The number of halogens is 1. The van der Waals surface area contributed by atoms with Crippen LogP contribution < -0.4 is 5.32 Å². The van der Waals surface area contributed by atoms with Crippen molar-refractivity contribution in [2.75, 3.05) is 18.4 Å². The van der Waals surface area contributed by atoms with Crippen molar-refractivity contribution < 1.29 is 9.18 Å². The molecule has 0 aliphatic carbocycles. The molecule has 1 aromatic heterocycles. The molecule has 0 bridgehead atoms. The lowest BCUT2D eigenvalue weighted by Crippen LogP contribution is -2.38. The van der Waals surface area contributed by atoms with Gasteiger partial charge in [0.25, 0.3) is 5.91 Å². The molecule has 0 spiro atoms. The average molecular weight is 347 g/mol. The van der Waals surface area contributed by atoms with E-state index in [4.69, 9.17) is 0 Å². The van der Waals surface area contributed by atoms with Gasteiger partial charge in [-0.3, -0.25) is 15.0 Å². The van der Waals surface area contributed by atoms with Crippen molar-refractivity contribution in [2.45, 2.75) is 26.8 Å². The molecule has 1 saturated heterocycles. The molecule has 1 amide bonds. The van der Waals surface area contributed by atoms with Gasteiger partial charge in [-0.05, 0) is 30.4 Å². The minimum Gasteiger partial charge on any atom is -0.298 e. The molecule has 6 heteroatoms. The maximum Gasteiger partial charge on any atom is 0.260 e. The summed E-state index contributed by atoms with van der Waals surface area (Å²) in [5, 5.41) is 5.15. The van der Waals surface area contributed by atoms with Crippen LogP contribution in [-0.4, -0.2) is 28.9 Å². The molecule has 0 saturated carbocycles. The Balaban J connectivity index is 1.61. The van der Waals surface area contributed by atoms with Gasteiger partial charge in [-0.25, -0.2) is 9.37 Å². The molecule has 24 heavy (non-hydrogen) atoms. The summed E-state index contributed by atoms with van der Waals surface area (Å²) < 4.78 is 13.6. The number of hydrogen-bond donors (Lipinski definition) is 1. The molecular formula is C18H22FN3OS. The highest BCUT2D eigenvalue weighted by molar-refractivity contribution is 7.13. The Morgan fingerprint density at radius 3 is 2.75 bits per heavy atom. The second-order valence-electron chi connectivity index (χ2n) is 6.72. The number of amides is 1. The molecule has 2 heterocycles.